The van der Waals surface area contributed by atoms with Gasteiger partial charge in [0.05, 0.1) is 17.3 Å². The molecule has 31 heavy (non-hydrogen) atoms. The zero-order valence-electron chi connectivity index (χ0n) is 18.1. The third kappa shape index (κ3) is 4.51. The van der Waals surface area contributed by atoms with E-state index in [4.69, 9.17) is 0 Å². The van der Waals surface area contributed by atoms with Crippen LogP contribution < -0.4 is 0 Å². The van der Waals surface area contributed by atoms with Gasteiger partial charge in [-0.05, 0) is 79.3 Å². The molecule has 1 amide bonds. The van der Waals surface area contributed by atoms with Crippen LogP contribution in [0.25, 0.3) is 5.52 Å². The number of piperidine rings is 2. The monoisotopic (exact) mass is 434 g/mol. The molecule has 0 spiro atoms. The summed E-state index contributed by atoms with van der Waals surface area (Å²) in [5.41, 5.74) is 3.02. The molecule has 1 aromatic carbocycles. The lowest BCUT2D eigenvalue weighted by Crippen LogP contribution is -2.37. The predicted octanol–water partition coefficient (Wildman–Crippen LogP) is 5.09. The van der Waals surface area contributed by atoms with Crippen molar-refractivity contribution in [2.45, 2.75) is 43.4 Å². The Labute approximate surface area is 188 Å². The fourth-order valence-electron chi connectivity index (χ4n) is 4.71. The Kier molecular flexibility index (Phi) is 6.01. The van der Waals surface area contributed by atoms with E-state index < -0.39 is 0 Å². The van der Waals surface area contributed by atoms with Crippen molar-refractivity contribution in [3.05, 3.63) is 66.0 Å². The van der Waals surface area contributed by atoms with Crippen molar-refractivity contribution in [3.8, 4) is 0 Å². The second kappa shape index (κ2) is 9.05. The van der Waals surface area contributed by atoms with Gasteiger partial charge in [0.1, 0.15) is 0 Å². The summed E-state index contributed by atoms with van der Waals surface area (Å²) in [5.74, 6) is 1.38. The van der Waals surface area contributed by atoms with Crippen molar-refractivity contribution in [1.82, 2.24) is 18.8 Å². The van der Waals surface area contributed by atoms with Gasteiger partial charge in [-0.3, -0.25) is 4.79 Å². The number of aromatic nitrogens is 2. The Morgan fingerprint density at radius 1 is 1.00 bits per heavy atom. The third-order valence-electron chi connectivity index (χ3n) is 6.75. The number of rotatable bonds is 4. The maximum absolute atomic E-state index is 13.1. The topological polar surface area (TPSA) is 40.9 Å². The fourth-order valence-corrected chi connectivity index (χ4v) is 5.68. The summed E-state index contributed by atoms with van der Waals surface area (Å²) in [7, 11) is 0. The zero-order valence-corrected chi connectivity index (χ0v) is 18.9. The largest absolute Gasteiger partial charge is 0.339 e. The van der Waals surface area contributed by atoms with E-state index in [-0.39, 0.29) is 5.91 Å². The number of nitrogens with zero attached hydrogens (tertiary/aromatic N) is 4. The minimum atomic E-state index is 0.133. The van der Waals surface area contributed by atoms with E-state index >= 15 is 0 Å². The Morgan fingerprint density at radius 3 is 2.48 bits per heavy atom. The summed E-state index contributed by atoms with van der Waals surface area (Å²) in [6.45, 7) is 6.13. The van der Waals surface area contributed by atoms with Gasteiger partial charge in [-0.15, -0.1) is 0 Å². The summed E-state index contributed by atoms with van der Waals surface area (Å²) < 4.78 is 4.32. The molecule has 2 aromatic heterocycles. The first-order valence-electron chi connectivity index (χ1n) is 11.4. The number of benzene rings is 1. The van der Waals surface area contributed by atoms with Crippen LogP contribution in [0.3, 0.4) is 0 Å². The molecule has 0 unspecified atom stereocenters. The van der Waals surface area contributed by atoms with E-state index in [1.165, 1.54) is 10.5 Å². The maximum atomic E-state index is 13.1. The van der Waals surface area contributed by atoms with Crippen molar-refractivity contribution in [1.29, 1.82) is 0 Å². The molecular formula is C25H30N4OS. The predicted molar refractivity (Wildman–Crippen MR) is 125 cm³/mol. The van der Waals surface area contributed by atoms with E-state index in [0.29, 0.717) is 11.8 Å². The van der Waals surface area contributed by atoms with E-state index in [9.17, 15) is 4.79 Å². The highest BCUT2D eigenvalue weighted by Crippen LogP contribution is 2.34. The number of pyridine rings is 1. The quantitative estimate of drug-likeness (QED) is 0.536. The van der Waals surface area contributed by atoms with Gasteiger partial charge in [-0.2, -0.15) is 5.10 Å². The normalized spacial score (nSPS) is 19.2. The van der Waals surface area contributed by atoms with Crippen molar-refractivity contribution in [2.75, 3.05) is 26.2 Å². The van der Waals surface area contributed by atoms with Crippen LogP contribution in [0, 0.1) is 5.92 Å². The van der Waals surface area contributed by atoms with Gasteiger partial charge >= 0.3 is 0 Å². The highest BCUT2D eigenvalue weighted by Gasteiger charge is 2.25. The van der Waals surface area contributed by atoms with Gasteiger partial charge in [-0.1, -0.05) is 25.1 Å². The second-order valence-corrected chi connectivity index (χ2v) is 10.1. The van der Waals surface area contributed by atoms with Crippen molar-refractivity contribution in [3.63, 3.8) is 0 Å². The van der Waals surface area contributed by atoms with Crippen LogP contribution in [0.1, 0.15) is 54.4 Å². The molecule has 2 aliphatic rings. The Hall–Kier alpha value is -2.31. The minimum Gasteiger partial charge on any atom is -0.339 e. The molecule has 162 valence electrons. The Morgan fingerprint density at radius 2 is 1.74 bits per heavy atom. The molecule has 0 N–H and O–H groups in total. The average Bonchev–Trinajstić information content (AvgIpc) is 3.24. The minimum absolute atomic E-state index is 0.133. The van der Waals surface area contributed by atoms with Crippen LogP contribution in [0.15, 0.2) is 59.8 Å². The Balaban J connectivity index is 1.28. The van der Waals surface area contributed by atoms with Crippen LogP contribution in [-0.4, -0.2) is 50.9 Å². The zero-order chi connectivity index (χ0) is 21.2. The summed E-state index contributed by atoms with van der Waals surface area (Å²) in [4.78, 5) is 16.5. The van der Waals surface area contributed by atoms with Crippen LogP contribution >= 0.6 is 11.9 Å². The molecule has 5 rings (SSSR count). The molecule has 4 heterocycles. The number of hydrogen-bond acceptors (Lipinski definition) is 4. The number of fused-ring (bicyclic) bond motifs is 1. The van der Waals surface area contributed by atoms with Crippen molar-refractivity contribution >= 4 is 23.4 Å². The molecule has 3 aromatic rings. The summed E-state index contributed by atoms with van der Waals surface area (Å²) in [6.07, 6.45) is 8.23. The molecule has 0 radical (unpaired) electrons. The first-order chi connectivity index (χ1) is 15.2. The lowest BCUT2D eigenvalue weighted by atomic mass is 9.90. The van der Waals surface area contributed by atoms with Crippen LogP contribution in [0.4, 0.5) is 0 Å². The van der Waals surface area contributed by atoms with Crippen molar-refractivity contribution < 1.29 is 4.79 Å². The lowest BCUT2D eigenvalue weighted by Gasteiger charge is -2.31. The summed E-state index contributed by atoms with van der Waals surface area (Å²) >= 11 is 1.86. The van der Waals surface area contributed by atoms with Crippen LogP contribution in [0.5, 0.6) is 0 Å². The van der Waals surface area contributed by atoms with E-state index in [1.807, 2.05) is 27.6 Å². The average molecular weight is 435 g/mol. The highest BCUT2D eigenvalue weighted by atomic mass is 32.2. The SMILES string of the molecule is CC1CCN(C(=O)c2cnn3ccc(C4CCN(Sc5ccccc5)CC4)cc23)CC1. The number of hydrogen-bond donors (Lipinski definition) is 0. The summed E-state index contributed by atoms with van der Waals surface area (Å²) in [5, 5.41) is 4.45. The first-order valence-corrected chi connectivity index (χ1v) is 12.2. The van der Waals surface area contributed by atoms with Crippen LogP contribution in [0.2, 0.25) is 0 Å². The number of likely N-dealkylation sites (tertiary alicyclic amines) is 1. The third-order valence-corrected chi connectivity index (χ3v) is 7.86. The van der Waals surface area contributed by atoms with Gasteiger partial charge < -0.3 is 4.90 Å². The molecule has 2 saturated heterocycles. The molecule has 6 heteroatoms. The van der Waals surface area contributed by atoms with Gasteiger partial charge in [0.15, 0.2) is 0 Å². The maximum Gasteiger partial charge on any atom is 0.257 e. The second-order valence-electron chi connectivity index (χ2n) is 8.93. The molecule has 2 fully saturated rings. The first kappa shape index (κ1) is 20.6. The van der Waals surface area contributed by atoms with Crippen LogP contribution in [-0.2, 0) is 0 Å². The Bertz CT molecular complexity index is 1030. The lowest BCUT2D eigenvalue weighted by molar-refractivity contribution is 0.0699. The molecule has 2 aliphatic heterocycles. The van der Waals surface area contributed by atoms with Gasteiger partial charge in [0.25, 0.3) is 5.91 Å². The van der Waals surface area contributed by atoms with E-state index in [1.54, 1.807) is 6.20 Å². The fraction of sp³-hybridized carbons (Fsp3) is 0.440. The number of amides is 1. The van der Waals surface area contributed by atoms with Crippen molar-refractivity contribution in [2.24, 2.45) is 5.92 Å². The molecule has 0 bridgehead atoms. The standard InChI is InChI=1S/C25H30N4OS/c1-19-7-12-27(13-8-19)25(30)23-18-26-29-16-11-21(17-24(23)29)20-9-14-28(15-10-20)31-22-5-3-2-4-6-22/h2-6,11,16-20H,7-10,12-15H2,1H3. The molecule has 5 nitrogen and oxygen atoms in total. The highest BCUT2D eigenvalue weighted by molar-refractivity contribution is 7.97. The molecular weight excluding hydrogens is 404 g/mol. The molecule has 0 atom stereocenters. The van der Waals surface area contributed by atoms with E-state index in [2.05, 4.69) is 58.8 Å². The van der Waals surface area contributed by atoms with Gasteiger partial charge in [0, 0.05) is 37.3 Å². The van der Waals surface area contributed by atoms with E-state index in [0.717, 1.165) is 62.9 Å². The smallest absolute Gasteiger partial charge is 0.257 e. The number of carbonyl (C=O) groups excluding carboxylic acids is 1. The number of carbonyl (C=O) groups is 1. The van der Waals surface area contributed by atoms with Gasteiger partial charge in [0.2, 0.25) is 0 Å². The summed E-state index contributed by atoms with van der Waals surface area (Å²) in [6, 6.07) is 15.0. The molecule has 0 aliphatic carbocycles. The van der Waals surface area contributed by atoms with Gasteiger partial charge in [-0.25, -0.2) is 8.82 Å². The molecule has 0 saturated carbocycles.